The summed E-state index contributed by atoms with van der Waals surface area (Å²) >= 11 is 0. The van der Waals surface area contributed by atoms with Crippen LogP contribution in [-0.4, -0.2) is 5.96 Å². The molecule has 0 aliphatic heterocycles. The lowest BCUT2D eigenvalue weighted by atomic mass is 10.0. The molecule has 0 heterocycles. The Labute approximate surface area is 162 Å². The molecule has 0 unspecified atom stereocenters. The molecule has 3 N–H and O–H groups in total. The molecule has 4 heteroatoms. The highest BCUT2D eigenvalue weighted by Crippen LogP contribution is 2.37. The van der Waals surface area contributed by atoms with Crippen LogP contribution in [0.1, 0.15) is 16.7 Å². The number of fused-ring (bicyclic) bond motifs is 1. The number of hydrogen-bond donors (Lipinski definition) is 2. The lowest BCUT2D eigenvalue weighted by molar-refractivity contribution is 1.02. The average Bonchev–Trinajstić information content (AvgIpc) is 3.16. The van der Waals surface area contributed by atoms with Crippen molar-refractivity contribution in [2.24, 2.45) is 10.7 Å². The Hall–Kier alpha value is -3.84. The van der Waals surface area contributed by atoms with Crippen LogP contribution in [0.2, 0.25) is 0 Å². The van der Waals surface area contributed by atoms with Gasteiger partial charge in [0.15, 0.2) is 5.96 Å². The second-order valence-electron chi connectivity index (χ2n) is 7.02. The first-order chi connectivity index (χ1) is 13.7. The van der Waals surface area contributed by atoms with E-state index in [9.17, 15) is 5.26 Å². The van der Waals surface area contributed by atoms with Gasteiger partial charge in [0.05, 0.1) is 17.3 Å². The minimum atomic E-state index is 0.342. The predicted molar refractivity (Wildman–Crippen MR) is 115 cm³/mol. The maximum absolute atomic E-state index is 9.33. The minimum Gasteiger partial charge on any atom is -0.369 e. The first-order valence-corrected chi connectivity index (χ1v) is 9.31. The van der Waals surface area contributed by atoms with E-state index in [-0.39, 0.29) is 0 Å². The van der Waals surface area contributed by atoms with E-state index in [4.69, 9.17) is 5.73 Å². The van der Waals surface area contributed by atoms with Gasteiger partial charge in [0.25, 0.3) is 0 Å². The molecule has 134 valence electrons. The predicted octanol–water partition coefficient (Wildman–Crippen LogP) is 5.02. The van der Waals surface area contributed by atoms with Crippen molar-refractivity contribution in [1.82, 2.24) is 0 Å². The number of guanidine groups is 1. The number of hydrogen-bond acceptors (Lipinski definition) is 2. The van der Waals surface area contributed by atoms with Crippen molar-refractivity contribution < 1.29 is 0 Å². The molecule has 1 aliphatic carbocycles. The number of nitrogens with one attached hydrogen (secondary N) is 1. The summed E-state index contributed by atoms with van der Waals surface area (Å²) in [6.07, 6.45) is 2.04. The molecule has 0 saturated heterocycles. The smallest absolute Gasteiger partial charge is 0.198 e. The molecule has 5 rings (SSSR count). The number of rotatable bonds is 2. The molecular weight excluding hydrogens is 344 g/mol. The Morgan fingerprint density at radius 3 is 2.64 bits per heavy atom. The quantitative estimate of drug-likeness (QED) is 0.388. The lowest BCUT2D eigenvalue weighted by Gasteiger charge is -2.11. The zero-order chi connectivity index (χ0) is 19.1. The van der Waals surface area contributed by atoms with Gasteiger partial charge in [-0.25, -0.2) is 4.99 Å². The topological polar surface area (TPSA) is 74.2 Å². The summed E-state index contributed by atoms with van der Waals surface area (Å²) in [6, 6.07) is 24.3. The van der Waals surface area contributed by atoms with Crippen molar-refractivity contribution in [3.63, 3.8) is 0 Å². The maximum atomic E-state index is 9.33. The number of nitrogens with zero attached hydrogens (tertiary/aromatic N) is 2. The summed E-state index contributed by atoms with van der Waals surface area (Å²) in [6.45, 7) is 0. The fourth-order valence-corrected chi connectivity index (χ4v) is 4.15. The van der Waals surface area contributed by atoms with E-state index in [0.717, 1.165) is 35.0 Å². The van der Waals surface area contributed by atoms with Gasteiger partial charge in [-0.1, -0.05) is 48.5 Å². The van der Waals surface area contributed by atoms with Gasteiger partial charge < -0.3 is 11.1 Å². The largest absolute Gasteiger partial charge is 0.369 e. The van der Waals surface area contributed by atoms with Crippen molar-refractivity contribution in [2.75, 3.05) is 5.32 Å². The lowest BCUT2D eigenvalue weighted by Crippen LogP contribution is -2.22. The van der Waals surface area contributed by atoms with Crippen LogP contribution in [0.5, 0.6) is 0 Å². The molecular formula is C24H18N4. The highest BCUT2D eigenvalue weighted by molar-refractivity contribution is 6.05. The van der Waals surface area contributed by atoms with Gasteiger partial charge in [-0.2, -0.15) is 5.26 Å². The van der Waals surface area contributed by atoms with Crippen molar-refractivity contribution in [3.05, 3.63) is 83.4 Å². The summed E-state index contributed by atoms with van der Waals surface area (Å²) in [7, 11) is 0. The molecule has 1 aliphatic rings. The third-order valence-corrected chi connectivity index (χ3v) is 5.41. The van der Waals surface area contributed by atoms with Gasteiger partial charge in [-0.15, -0.1) is 0 Å². The summed E-state index contributed by atoms with van der Waals surface area (Å²) < 4.78 is 0. The van der Waals surface area contributed by atoms with E-state index in [0.29, 0.717) is 11.5 Å². The van der Waals surface area contributed by atoms with Gasteiger partial charge in [-0.3, -0.25) is 0 Å². The van der Waals surface area contributed by atoms with E-state index in [2.05, 4.69) is 40.6 Å². The van der Waals surface area contributed by atoms with Crippen LogP contribution in [0, 0.1) is 11.3 Å². The van der Waals surface area contributed by atoms with Crippen LogP contribution in [0.3, 0.4) is 0 Å². The summed E-state index contributed by atoms with van der Waals surface area (Å²) in [4.78, 5) is 4.68. The third kappa shape index (κ3) is 2.57. The van der Waals surface area contributed by atoms with Crippen LogP contribution in [0.15, 0.2) is 71.7 Å². The Morgan fingerprint density at radius 1 is 0.929 bits per heavy atom. The van der Waals surface area contributed by atoms with E-state index in [1.165, 1.54) is 21.9 Å². The normalized spacial score (nSPS) is 13.0. The first-order valence-electron chi connectivity index (χ1n) is 9.31. The second-order valence-corrected chi connectivity index (χ2v) is 7.02. The van der Waals surface area contributed by atoms with Crippen LogP contribution < -0.4 is 11.1 Å². The molecule has 0 aromatic heterocycles. The van der Waals surface area contributed by atoms with Crippen molar-refractivity contribution in [1.29, 1.82) is 5.26 Å². The van der Waals surface area contributed by atoms with Gasteiger partial charge in [-0.05, 0) is 52.9 Å². The standard InChI is InChI=1S/C24H18N4/c25-14-17-10-13-21(19-7-2-1-6-18(17)19)27-24(26)28-22-12-9-16-5-3-4-15-8-11-20(22)23(15)16/h1-7,9-10,12-13H,8,11H2,(H3,26,27,28). The Kier molecular flexibility index (Phi) is 3.73. The van der Waals surface area contributed by atoms with E-state index in [1.54, 1.807) is 6.07 Å². The highest BCUT2D eigenvalue weighted by atomic mass is 15.1. The minimum absolute atomic E-state index is 0.342. The monoisotopic (exact) mass is 362 g/mol. The molecule has 0 radical (unpaired) electrons. The fourth-order valence-electron chi connectivity index (χ4n) is 4.15. The van der Waals surface area contributed by atoms with E-state index in [1.807, 2.05) is 36.4 Å². The van der Waals surface area contributed by atoms with Gasteiger partial charge in [0.1, 0.15) is 0 Å². The number of anilines is 1. The van der Waals surface area contributed by atoms with Crippen molar-refractivity contribution in [2.45, 2.75) is 12.8 Å². The molecule has 0 saturated carbocycles. The number of aliphatic imine (C=N–C) groups is 1. The Bertz CT molecular complexity index is 1310. The highest BCUT2D eigenvalue weighted by Gasteiger charge is 2.17. The molecule has 0 bridgehead atoms. The molecule has 0 amide bonds. The molecule has 0 fully saturated rings. The molecule has 4 aromatic carbocycles. The Balaban J connectivity index is 1.55. The molecule has 4 aromatic rings. The average molecular weight is 362 g/mol. The summed E-state index contributed by atoms with van der Waals surface area (Å²) in [5.74, 6) is 0.342. The van der Waals surface area contributed by atoms with Crippen molar-refractivity contribution >= 4 is 38.9 Å². The number of benzene rings is 4. The number of aryl methyl sites for hydroxylation is 2. The fraction of sp³-hybridized carbons (Fsp3) is 0.0833. The third-order valence-electron chi connectivity index (χ3n) is 5.41. The molecule has 28 heavy (non-hydrogen) atoms. The zero-order valence-corrected chi connectivity index (χ0v) is 15.2. The van der Waals surface area contributed by atoms with E-state index >= 15 is 0 Å². The number of nitriles is 1. The van der Waals surface area contributed by atoms with Crippen LogP contribution in [0.4, 0.5) is 11.4 Å². The van der Waals surface area contributed by atoms with Crippen LogP contribution in [-0.2, 0) is 12.8 Å². The number of nitrogens with two attached hydrogens (primary N) is 1. The summed E-state index contributed by atoms with van der Waals surface area (Å²) in [5.41, 5.74) is 11.3. The van der Waals surface area contributed by atoms with E-state index < -0.39 is 0 Å². The second kappa shape index (κ2) is 6.40. The zero-order valence-electron chi connectivity index (χ0n) is 15.2. The molecule has 4 nitrogen and oxygen atoms in total. The van der Waals surface area contributed by atoms with Gasteiger partial charge in [0.2, 0.25) is 0 Å². The van der Waals surface area contributed by atoms with Gasteiger partial charge in [0, 0.05) is 16.5 Å². The Morgan fingerprint density at radius 2 is 1.79 bits per heavy atom. The summed E-state index contributed by atoms with van der Waals surface area (Å²) in [5, 5.41) is 17.0. The maximum Gasteiger partial charge on any atom is 0.198 e. The first kappa shape index (κ1) is 16.3. The SMILES string of the molecule is N#Cc1ccc(NC(N)=Nc2ccc3cccc4c3c2CC4)c2ccccc12. The van der Waals surface area contributed by atoms with Crippen LogP contribution >= 0.6 is 0 Å². The molecule has 0 atom stereocenters. The van der Waals surface area contributed by atoms with Crippen LogP contribution in [0.25, 0.3) is 21.5 Å². The molecule has 0 spiro atoms. The van der Waals surface area contributed by atoms with Crippen molar-refractivity contribution in [3.8, 4) is 6.07 Å². The van der Waals surface area contributed by atoms with Gasteiger partial charge >= 0.3 is 0 Å².